The molecule has 3 rings (SSSR count). The molecule has 3 aromatic rings. The quantitative estimate of drug-likeness (QED) is 0.682. The van der Waals surface area contributed by atoms with Gasteiger partial charge in [0.15, 0.2) is 0 Å². The molecule has 0 unspecified atom stereocenters. The number of nitrogens with one attached hydrogen (secondary N) is 2. The second-order valence-corrected chi connectivity index (χ2v) is 5.90. The maximum absolute atomic E-state index is 12.3. The van der Waals surface area contributed by atoms with E-state index in [0.29, 0.717) is 13.2 Å². The van der Waals surface area contributed by atoms with Crippen molar-refractivity contribution in [2.75, 3.05) is 26.1 Å². The Bertz CT molecular complexity index is 872. The van der Waals surface area contributed by atoms with Gasteiger partial charge in [0.2, 0.25) is 0 Å². The van der Waals surface area contributed by atoms with Crippen LogP contribution in [0.4, 0.5) is 10.5 Å². The number of methoxy groups -OCH3 is 2. The van der Waals surface area contributed by atoms with Gasteiger partial charge < -0.3 is 24.7 Å². The zero-order chi connectivity index (χ0) is 18.4. The van der Waals surface area contributed by atoms with Crippen LogP contribution in [-0.2, 0) is 17.8 Å². The largest absolute Gasteiger partial charge is 0.497 e. The van der Waals surface area contributed by atoms with Gasteiger partial charge in [-0.3, -0.25) is 0 Å². The highest BCUT2D eigenvalue weighted by molar-refractivity contribution is 6.00. The molecule has 26 heavy (non-hydrogen) atoms. The van der Waals surface area contributed by atoms with Crippen LogP contribution in [0.3, 0.4) is 0 Å². The van der Waals surface area contributed by atoms with Crippen LogP contribution >= 0.6 is 0 Å². The van der Waals surface area contributed by atoms with Crippen molar-refractivity contribution in [1.82, 2.24) is 9.88 Å². The lowest BCUT2D eigenvalue weighted by atomic mass is 10.2. The smallest absolute Gasteiger partial charge is 0.319 e. The molecule has 0 spiro atoms. The van der Waals surface area contributed by atoms with Gasteiger partial charge in [-0.25, -0.2) is 4.79 Å². The normalized spacial score (nSPS) is 10.7. The molecule has 0 saturated carbocycles. The molecule has 2 amide bonds. The molecular weight excluding hydrogens is 330 g/mol. The van der Waals surface area contributed by atoms with Gasteiger partial charge >= 0.3 is 6.03 Å². The third-order valence-electron chi connectivity index (χ3n) is 4.21. The van der Waals surface area contributed by atoms with E-state index in [0.717, 1.165) is 34.4 Å². The van der Waals surface area contributed by atoms with E-state index < -0.39 is 0 Å². The van der Waals surface area contributed by atoms with E-state index in [2.05, 4.69) is 15.2 Å². The van der Waals surface area contributed by atoms with Gasteiger partial charge in [-0.05, 0) is 35.9 Å². The first-order valence-electron chi connectivity index (χ1n) is 8.46. The monoisotopic (exact) mass is 353 g/mol. The average molecular weight is 353 g/mol. The number of anilines is 1. The van der Waals surface area contributed by atoms with E-state index in [-0.39, 0.29) is 6.03 Å². The molecule has 0 fully saturated rings. The van der Waals surface area contributed by atoms with Crippen molar-refractivity contribution in [3.8, 4) is 5.75 Å². The Kier molecular flexibility index (Phi) is 5.76. The maximum atomic E-state index is 12.3. The molecule has 6 heteroatoms. The third-order valence-corrected chi connectivity index (χ3v) is 4.21. The zero-order valence-corrected chi connectivity index (χ0v) is 15.0. The first-order valence-corrected chi connectivity index (χ1v) is 8.46. The van der Waals surface area contributed by atoms with Gasteiger partial charge in [-0.2, -0.15) is 0 Å². The van der Waals surface area contributed by atoms with Gasteiger partial charge in [0.05, 0.1) is 24.9 Å². The summed E-state index contributed by atoms with van der Waals surface area (Å²) in [6.07, 6.45) is 2.00. The number of carbonyl (C=O) groups excluding carboxylic acids is 1. The Balaban J connectivity index is 1.64. The zero-order valence-electron chi connectivity index (χ0n) is 15.0. The molecule has 1 heterocycles. The van der Waals surface area contributed by atoms with E-state index in [1.165, 1.54) is 0 Å². The second-order valence-electron chi connectivity index (χ2n) is 5.90. The Morgan fingerprint density at radius 1 is 1.08 bits per heavy atom. The third kappa shape index (κ3) is 4.15. The average Bonchev–Trinajstić information content (AvgIpc) is 3.09. The fraction of sp³-hybridized carbons (Fsp3) is 0.250. The molecule has 0 aliphatic carbocycles. The van der Waals surface area contributed by atoms with Crippen molar-refractivity contribution < 1.29 is 14.3 Å². The standard InChI is InChI=1S/C20H23N3O3/c1-25-13-12-23-11-10-17-18(4-3-5-19(17)23)22-20(24)21-14-15-6-8-16(26-2)9-7-15/h3-11H,12-14H2,1-2H3,(H2,21,22,24). The summed E-state index contributed by atoms with van der Waals surface area (Å²) in [6.45, 7) is 1.86. The SMILES string of the molecule is COCCn1ccc2c(NC(=O)NCc3ccc(OC)cc3)cccc21. The number of hydrogen-bond donors (Lipinski definition) is 2. The Morgan fingerprint density at radius 3 is 2.62 bits per heavy atom. The predicted molar refractivity (Wildman–Crippen MR) is 103 cm³/mol. The van der Waals surface area contributed by atoms with Gasteiger partial charge in [0, 0.05) is 31.8 Å². The van der Waals surface area contributed by atoms with Gasteiger partial charge in [0.25, 0.3) is 0 Å². The van der Waals surface area contributed by atoms with E-state index in [1.54, 1.807) is 14.2 Å². The number of urea groups is 1. The number of ether oxygens (including phenoxy) is 2. The van der Waals surface area contributed by atoms with Crippen molar-refractivity contribution >= 4 is 22.6 Å². The summed E-state index contributed by atoms with van der Waals surface area (Å²) >= 11 is 0. The minimum Gasteiger partial charge on any atom is -0.497 e. The molecule has 0 atom stereocenters. The number of nitrogens with zero attached hydrogens (tertiary/aromatic N) is 1. The fourth-order valence-corrected chi connectivity index (χ4v) is 2.81. The van der Waals surface area contributed by atoms with Crippen LogP contribution < -0.4 is 15.4 Å². The summed E-state index contributed by atoms with van der Waals surface area (Å²) in [5.41, 5.74) is 2.85. The fourth-order valence-electron chi connectivity index (χ4n) is 2.81. The Hall–Kier alpha value is -2.99. The van der Waals surface area contributed by atoms with Gasteiger partial charge in [0.1, 0.15) is 5.75 Å². The van der Waals surface area contributed by atoms with Crippen molar-refractivity contribution in [3.63, 3.8) is 0 Å². The second kappa shape index (κ2) is 8.40. The summed E-state index contributed by atoms with van der Waals surface area (Å²) in [7, 11) is 3.32. The van der Waals surface area contributed by atoms with E-state index in [1.807, 2.05) is 54.7 Å². The molecule has 0 saturated heterocycles. The number of rotatable bonds is 7. The maximum Gasteiger partial charge on any atom is 0.319 e. The number of carbonyl (C=O) groups is 1. The van der Waals surface area contributed by atoms with E-state index >= 15 is 0 Å². The molecule has 2 N–H and O–H groups in total. The Morgan fingerprint density at radius 2 is 1.88 bits per heavy atom. The molecule has 136 valence electrons. The van der Waals surface area contributed by atoms with Crippen molar-refractivity contribution in [2.24, 2.45) is 0 Å². The number of amides is 2. The van der Waals surface area contributed by atoms with Crippen LogP contribution in [0.2, 0.25) is 0 Å². The van der Waals surface area contributed by atoms with E-state index in [9.17, 15) is 4.79 Å². The number of fused-ring (bicyclic) bond motifs is 1. The summed E-state index contributed by atoms with van der Waals surface area (Å²) < 4.78 is 12.4. The highest BCUT2D eigenvalue weighted by Crippen LogP contribution is 2.24. The number of benzene rings is 2. The van der Waals surface area contributed by atoms with Crippen molar-refractivity contribution in [2.45, 2.75) is 13.1 Å². The molecule has 0 bridgehead atoms. The number of hydrogen-bond acceptors (Lipinski definition) is 3. The lowest BCUT2D eigenvalue weighted by Gasteiger charge is -2.10. The van der Waals surface area contributed by atoms with Crippen LogP contribution in [-0.4, -0.2) is 31.4 Å². The van der Waals surface area contributed by atoms with Crippen LogP contribution in [0.25, 0.3) is 10.9 Å². The van der Waals surface area contributed by atoms with Crippen LogP contribution in [0, 0.1) is 0 Å². The van der Waals surface area contributed by atoms with Crippen LogP contribution in [0.15, 0.2) is 54.7 Å². The summed E-state index contributed by atoms with van der Waals surface area (Å²) in [5, 5.41) is 6.80. The highest BCUT2D eigenvalue weighted by Gasteiger charge is 2.08. The number of aromatic nitrogens is 1. The molecule has 0 aliphatic rings. The lowest BCUT2D eigenvalue weighted by molar-refractivity contribution is 0.188. The van der Waals surface area contributed by atoms with Crippen LogP contribution in [0.5, 0.6) is 5.75 Å². The first kappa shape index (κ1) is 17.8. The molecule has 0 aliphatic heterocycles. The topological polar surface area (TPSA) is 64.5 Å². The van der Waals surface area contributed by atoms with Crippen molar-refractivity contribution in [1.29, 1.82) is 0 Å². The Labute approximate surface area is 152 Å². The molecule has 1 aromatic heterocycles. The molecule has 6 nitrogen and oxygen atoms in total. The van der Waals surface area contributed by atoms with Gasteiger partial charge in [-0.1, -0.05) is 18.2 Å². The van der Waals surface area contributed by atoms with Gasteiger partial charge in [-0.15, -0.1) is 0 Å². The summed E-state index contributed by atoms with van der Waals surface area (Å²) in [4.78, 5) is 12.3. The summed E-state index contributed by atoms with van der Waals surface area (Å²) in [5.74, 6) is 0.794. The minimum absolute atomic E-state index is 0.238. The predicted octanol–water partition coefficient (Wildman–Crippen LogP) is 3.62. The first-order chi connectivity index (χ1) is 12.7. The lowest BCUT2D eigenvalue weighted by Crippen LogP contribution is -2.28. The minimum atomic E-state index is -0.238. The molecular formula is C20H23N3O3. The van der Waals surface area contributed by atoms with Crippen LogP contribution in [0.1, 0.15) is 5.56 Å². The molecule has 2 aromatic carbocycles. The van der Waals surface area contributed by atoms with E-state index in [4.69, 9.17) is 9.47 Å². The van der Waals surface area contributed by atoms with Crippen molar-refractivity contribution in [3.05, 3.63) is 60.3 Å². The highest BCUT2D eigenvalue weighted by atomic mass is 16.5. The summed E-state index contributed by atoms with van der Waals surface area (Å²) in [6, 6.07) is 15.2. The molecule has 0 radical (unpaired) electrons.